The monoisotopic (exact) mass is 287 g/mol. The highest BCUT2D eigenvalue weighted by Gasteiger charge is 2.24. The molecule has 0 amide bonds. The van der Waals surface area contributed by atoms with Gasteiger partial charge in [0.1, 0.15) is 0 Å². The van der Waals surface area contributed by atoms with Gasteiger partial charge in [0.05, 0.1) is 12.7 Å². The van der Waals surface area contributed by atoms with Gasteiger partial charge in [0, 0.05) is 12.1 Å². The van der Waals surface area contributed by atoms with Crippen LogP contribution in [-0.4, -0.2) is 18.2 Å². The molecule has 2 aliphatic rings. The van der Waals surface area contributed by atoms with Gasteiger partial charge in [-0.15, -0.1) is 0 Å². The third kappa shape index (κ3) is 4.82. The van der Waals surface area contributed by atoms with Crippen molar-refractivity contribution in [2.45, 2.75) is 82.6 Å². The van der Waals surface area contributed by atoms with Gasteiger partial charge < -0.3 is 10.1 Å². The summed E-state index contributed by atoms with van der Waals surface area (Å²) in [7, 11) is 0. The maximum Gasteiger partial charge on any atom is 0.0720 e. The minimum Gasteiger partial charge on any atom is -0.374 e. The van der Waals surface area contributed by atoms with Gasteiger partial charge >= 0.3 is 0 Å². The second kappa shape index (κ2) is 7.95. The molecular formula is C19H29NO. The summed E-state index contributed by atoms with van der Waals surface area (Å²) in [6.45, 7) is 0.770. The van der Waals surface area contributed by atoms with Crippen molar-refractivity contribution in [3.63, 3.8) is 0 Å². The van der Waals surface area contributed by atoms with Gasteiger partial charge in [-0.05, 0) is 44.1 Å². The highest BCUT2D eigenvalue weighted by atomic mass is 16.5. The molecule has 2 nitrogen and oxygen atoms in total. The summed E-state index contributed by atoms with van der Waals surface area (Å²) in [5, 5.41) is 3.90. The summed E-state index contributed by atoms with van der Waals surface area (Å²) in [6, 6.07) is 12.1. The molecule has 21 heavy (non-hydrogen) atoms. The molecule has 2 saturated carbocycles. The first-order valence-electron chi connectivity index (χ1n) is 8.82. The maximum absolute atomic E-state index is 6.08. The van der Waals surface area contributed by atoms with Crippen molar-refractivity contribution >= 4 is 0 Å². The molecule has 3 rings (SSSR count). The van der Waals surface area contributed by atoms with E-state index in [1.807, 2.05) is 0 Å². The molecule has 0 aromatic heterocycles. The minimum atomic E-state index is 0.467. The molecule has 0 spiro atoms. The molecule has 0 unspecified atom stereocenters. The van der Waals surface area contributed by atoms with E-state index in [9.17, 15) is 0 Å². The summed E-state index contributed by atoms with van der Waals surface area (Å²) >= 11 is 0. The van der Waals surface area contributed by atoms with Gasteiger partial charge in [-0.3, -0.25) is 0 Å². The predicted molar refractivity (Wildman–Crippen MR) is 87.3 cm³/mol. The Morgan fingerprint density at radius 3 is 2.19 bits per heavy atom. The van der Waals surface area contributed by atoms with Crippen LogP contribution < -0.4 is 5.32 Å². The lowest BCUT2D eigenvalue weighted by Crippen LogP contribution is -2.42. The second-order valence-electron chi connectivity index (χ2n) is 6.77. The van der Waals surface area contributed by atoms with Gasteiger partial charge in [0.25, 0.3) is 0 Å². The van der Waals surface area contributed by atoms with E-state index in [4.69, 9.17) is 4.74 Å². The van der Waals surface area contributed by atoms with E-state index in [0.29, 0.717) is 6.10 Å². The summed E-state index contributed by atoms with van der Waals surface area (Å²) < 4.78 is 6.08. The van der Waals surface area contributed by atoms with Crippen LogP contribution in [0.1, 0.15) is 63.4 Å². The second-order valence-corrected chi connectivity index (χ2v) is 6.77. The SMILES string of the molecule is c1ccc(COC2CCC(NC3CCCCC3)CC2)cc1. The third-order valence-electron chi connectivity index (χ3n) is 5.08. The van der Waals surface area contributed by atoms with Crippen LogP contribution >= 0.6 is 0 Å². The molecule has 2 heteroatoms. The zero-order valence-corrected chi connectivity index (χ0v) is 13.1. The lowest BCUT2D eigenvalue weighted by molar-refractivity contribution is 0.0101. The number of ether oxygens (including phenoxy) is 1. The van der Waals surface area contributed by atoms with Crippen LogP contribution in [0.25, 0.3) is 0 Å². The van der Waals surface area contributed by atoms with E-state index in [1.54, 1.807) is 0 Å². The van der Waals surface area contributed by atoms with E-state index in [-0.39, 0.29) is 0 Å². The van der Waals surface area contributed by atoms with Crippen LogP contribution in [0, 0.1) is 0 Å². The van der Waals surface area contributed by atoms with Gasteiger partial charge in [-0.1, -0.05) is 49.6 Å². The molecule has 0 saturated heterocycles. The molecule has 1 aromatic rings. The van der Waals surface area contributed by atoms with E-state index < -0.39 is 0 Å². The van der Waals surface area contributed by atoms with E-state index in [0.717, 1.165) is 18.7 Å². The van der Waals surface area contributed by atoms with Crippen molar-refractivity contribution in [1.29, 1.82) is 0 Å². The Morgan fingerprint density at radius 2 is 1.48 bits per heavy atom. The quantitative estimate of drug-likeness (QED) is 0.864. The Bertz CT molecular complexity index is 391. The van der Waals surface area contributed by atoms with E-state index >= 15 is 0 Å². The van der Waals surface area contributed by atoms with Crippen molar-refractivity contribution in [3.05, 3.63) is 35.9 Å². The molecule has 116 valence electrons. The molecule has 0 aliphatic heterocycles. The standard InChI is InChI=1S/C19H29NO/c1-3-7-16(8-4-1)15-21-19-13-11-18(12-14-19)20-17-9-5-2-6-10-17/h1,3-4,7-8,17-20H,2,5-6,9-15H2. The largest absolute Gasteiger partial charge is 0.374 e. The summed E-state index contributed by atoms with van der Waals surface area (Å²) in [4.78, 5) is 0. The lowest BCUT2D eigenvalue weighted by Gasteiger charge is -2.33. The van der Waals surface area contributed by atoms with Gasteiger partial charge in [-0.25, -0.2) is 0 Å². The summed E-state index contributed by atoms with van der Waals surface area (Å²) in [6.07, 6.45) is 12.6. The molecule has 0 atom stereocenters. The average Bonchev–Trinajstić information content (AvgIpc) is 2.56. The normalized spacial score (nSPS) is 27.6. The van der Waals surface area contributed by atoms with Crippen molar-refractivity contribution in [1.82, 2.24) is 5.32 Å². The van der Waals surface area contributed by atoms with Crippen molar-refractivity contribution in [3.8, 4) is 0 Å². The topological polar surface area (TPSA) is 21.3 Å². The number of rotatable bonds is 5. The first-order valence-corrected chi connectivity index (χ1v) is 8.82. The fourth-order valence-electron chi connectivity index (χ4n) is 3.79. The minimum absolute atomic E-state index is 0.467. The predicted octanol–water partition coefficient (Wildman–Crippen LogP) is 4.44. The molecular weight excluding hydrogens is 258 g/mol. The molecule has 1 N–H and O–H groups in total. The van der Waals surface area contributed by atoms with E-state index in [1.165, 1.54) is 63.4 Å². The Morgan fingerprint density at radius 1 is 0.810 bits per heavy atom. The van der Waals surface area contributed by atoms with Gasteiger partial charge in [0.15, 0.2) is 0 Å². The molecule has 2 aliphatic carbocycles. The Labute approximate surface area is 129 Å². The lowest BCUT2D eigenvalue weighted by atomic mass is 9.89. The maximum atomic E-state index is 6.08. The van der Waals surface area contributed by atoms with Crippen molar-refractivity contribution in [2.24, 2.45) is 0 Å². The Kier molecular flexibility index (Phi) is 5.70. The van der Waals surface area contributed by atoms with Crippen LogP contribution in [-0.2, 0) is 11.3 Å². The van der Waals surface area contributed by atoms with Crippen LogP contribution in [0.2, 0.25) is 0 Å². The van der Waals surface area contributed by atoms with E-state index in [2.05, 4.69) is 35.6 Å². The Balaban J connectivity index is 1.35. The van der Waals surface area contributed by atoms with Crippen LogP contribution in [0.3, 0.4) is 0 Å². The van der Waals surface area contributed by atoms with Crippen LogP contribution in [0.4, 0.5) is 0 Å². The molecule has 1 aromatic carbocycles. The molecule has 2 fully saturated rings. The molecule has 0 radical (unpaired) electrons. The number of hydrogen-bond acceptors (Lipinski definition) is 2. The fourth-order valence-corrected chi connectivity index (χ4v) is 3.79. The average molecular weight is 287 g/mol. The number of benzene rings is 1. The smallest absolute Gasteiger partial charge is 0.0720 e. The first-order chi connectivity index (χ1) is 10.4. The number of hydrogen-bond donors (Lipinski definition) is 1. The van der Waals surface area contributed by atoms with Gasteiger partial charge in [0.2, 0.25) is 0 Å². The van der Waals surface area contributed by atoms with Crippen LogP contribution in [0.15, 0.2) is 30.3 Å². The third-order valence-corrected chi connectivity index (χ3v) is 5.08. The molecule has 0 bridgehead atoms. The first kappa shape index (κ1) is 15.1. The highest BCUT2D eigenvalue weighted by Crippen LogP contribution is 2.25. The number of nitrogens with one attached hydrogen (secondary N) is 1. The summed E-state index contributed by atoms with van der Waals surface area (Å²) in [5.41, 5.74) is 1.29. The van der Waals surface area contributed by atoms with Crippen LogP contribution in [0.5, 0.6) is 0 Å². The summed E-state index contributed by atoms with van der Waals surface area (Å²) in [5.74, 6) is 0. The van der Waals surface area contributed by atoms with Gasteiger partial charge in [-0.2, -0.15) is 0 Å². The zero-order chi connectivity index (χ0) is 14.3. The molecule has 0 heterocycles. The zero-order valence-electron chi connectivity index (χ0n) is 13.1. The Hall–Kier alpha value is -0.860. The highest BCUT2D eigenvalue weighted by molar-refractivity contribution is 5.13. The van der Waals surface area contributed by atoms with Crippen molar-refractivity contribution < 1.29 is 4.74 Å². The fraction of sp³-hybridized carbons (Fsp3) is 0.684. The van der Waals surface area contributed by atoms with Crippen molar-refractivity contribution in [2.75, 3.05) is 0 Å².